The number of benzene rings is 4. The van der Waals surface area contributed by atoms with Crippen molar-refractivity contribution in [3.8, 4) is 16.9 Å². The standard InChI is InChI=1S/C23H18O/c24-22-12-10-17(11-13-22)14-21-15-19-8-4-5-9-20(19)16-23(21)18-6-2-1-3-7-18/h1-13,15-16,24H,14H2. The Kier molecular flexibility index (Phi) is 3.76. The summed E-state index contributed by atoms with van der Waals surface area (Å²) >= 11 is 0. The summed E-state index contributed by atoms with van der Waals surface area (Å²) in [6.07, 6.45) is 0.843. The van der Waals surface area contributed by atoms with Crippen LogP contribution in [0.4, 0.5) is 0 Å². The lowest BCUT2D eigenvalue weighted by atomic mass is 9.92. The first-order valence-corrected chi connectivity index (χ1v) is 8.14. The van der Waals surface area contributed by atoms with E-state index in [0.717, 1.165) is 6.42 Å². The fraction of sp³-hybridized carbons (Fsp3) is 0.0435. The Bertz CT molecular complexity index is 970. The van der Waals surface area contributed by atoms with Crippen LogP contribution in [-0.2, 0) is 6.42 Å². The summed E-state index contributed by atoms with van der Waals surface area (Å²) in [6, 6.07) is 31.0. The molecule has 0 aromatic heterocycles. The molecule has 116 valence electrons. The lowest BCUT2D eigenvalue weighted by Gasteiger charge is -2.13. The Labute approximate surface area is 141 Å². The maximum absolute atomic E-state index is 9.50. The van der Waals surface area contributed by atoms with E-state index < -0.39 is 0 Å². The van der Waals surface area contributed by atoms with Gasteiger partial charge in [0.15, 0.2) is 0 Å². The Balaban J connectivity index is 1.86. The van der Waals surface area contributed by atoms with Crippen LogP contribution in [0, 0.1) is 0 Å². The molecule has 4 aromatic carbocycles. The molecule has 0 bridgehead atoms. The summed E-state index contributed by atoms with van der Waals surface area (Å²) in [5.74, 6) is 0.306. The molecule has 0 aliphatic rings. The van der Waals surface area contributed by atoms with Gasteiger partial charge in [0.05, 0.1) is 0 Å². The normalized spacial score (nSPS) is 10.8. The fourth-order valence-electron chi connectivity index (χ4n) is 3.15. The molecule has 4 rings (SSSR count). The molecule has 24 heavy (non-hydrogen) atoms. The van der Waals surface area contributed by atoms with Crippen LogP contribution in [0.5, 0.6) is 5.75 Å². The summed E-state index contributed by atoms with van der Waals surface area (Å²) in [7, 11) is 0. The van der Waals surface area contributed by atoms with Gasteiger partial charge in [0, 0.05) is 0 Å². The molecule has 0 saturated heterocycles. The van der Waals surface area contributed by atoms with E-state index in [2.05, 4.69) is 60.7 Å². The third-order valence-corrected chi connectivity index (χ3v) is 4.39. The molecule has 0 unspecified atom stereocenters. The van der Waals surface area contributed by atoms with Gasteiger partial charge in [0.2, 0.25) is 0 Å². The number of rotatable bonds is 3. The molecule has 1 N–H and O–H groups in total. The smallest absolute Gasteiger partial charge is 0.115 e. The fourth-order valence-corrected chi connectivity index (χ4v) is 3.15. The van der Waals surface area contributed by atoms with Crippen molar-refractivity contribution in [1.29, 1.82) is 0 Å². The Morgan fingerprint density at radius 2 is 1.25 bits per heavy atom. The highest BCUT2D eigenvalue weighted by Gasteiger charge is 2.08. The minimum atomic E-state index is 0.306. The quantitative estimate of drug-likeness (QED) is 0.507. The van der Waals surface area contributed by atoms with E-state index in [4.69, 9.17) is 0 Å². The van der Waals surface area contributed by atoms with Gasteiger partial charge < -0.3 is 5.11 Å². The van der Waals surface area contributed by atoms with Crippen molar-refractivity contribution < 1.29 is 5.11 Å². The van der Waals surface area contributed by atoms with Crippen molar-refractivity contribution in [3.63, 3.8) is 0 Å². The first-order chi connectivity index (χ1) is 11.8. The number of phenols is 1. The highest BCUT2D eigenvalue weighted by molar-refractivity contribution is 5.89. The molecule has 0 aliphatic heterocycles. The van der Waals surface area contributed by atoms with Gasteiger partial charge in [-0.15, -0.1) is 0 Å². The molecule has 0 amide bonds. The van der Waals surface area contributed by atoms with Crippen LogP contribution in [0.15, 0.2) is 91.0 Å². The number of hydrogen-bond acceptors (Lipinski definition) is 1. The van der Waals surface area contributed by atoms with Crippen molar-refractivity contribution in [2.75, 3.05) is 0 Å². The zero-order valence-electron chi connectivity index (χ0n) is 13.3. The molecule has 4 aromatic rings. The second kappa shape index (κ2) is 6.21. The Morgan fingerprint density at radius 1 is 0.625 bits per heavy atom. The van der Waals surface area contributed by atoms with Crippen molar-refractivity contribution in [2.24, 2.45) is 0 Å². The van der Waals surface area contributed by atoms with E-state index >= 15 is 0 Å². The molecule has 0 radical (unpaired) electrons. The van der Waals surface area contributed by atoms with Gasteiger partial charge in [-0.2, -0.15) is 0 Å². The van der Waals surface area contributed by atoms with E-state index in [9.17, 15) is 5.11 Å². The first-order valence-electron chi connectivity index (χ1n) is 8.14. The van der Waals surface area contributed by atoms with Gasteiger partial charge in [-0.05, 0) is 57.6 Å². The molecule has 0 heterocycles. The topological polar surface area (TPSA) is 20.2 Å². The summed E-state index contributed by atoms with van der Waals surface area (Å²) in [6.45, 7) is 0. The molecular weight excluding hydrogens is 292 g/mol. The van der Waals surface area contributed by atoms with E-state index in [1.165, 1.54) is 33.0 Å². The number of fused-ring (bicyclic) bond motifs is 1. The van der Waals surface area contributed by atoms with E-state index in [1.54, 1.807) is 12.1 Å². The summed E-state index contributed by atoms with van der Waals surface area (Å²) in [5, 5.41) is 12.0. The summed E-state index contributed by atoms with van der Waals surface area (Å²) < 4.78 is 0. The lowest BCUT2D eigenvalue weighted by molar-refractivity contribution is 0.475. The van der Waals surface area contributed by atoms with Gasteiger partial charge in [-0.1, -0.05) is 72.8 Å². The minimum Gasteiger partial charge on any atom is -0.508 e. The average molecular weight is 310 g/mol. The van der Waals surface area contributed by atoms with Gasteiger partial charge in [-0.25, -0.2) is 0 Å². The van der Waals surface area contributed by atoms with Crippen molar-refractivity contribution in [1.82, 2.24) is 0 Å². The second-order valence-electron chi connectivity index (χ2n) is 6.07. The van der Waals surface area contributed by atoms with Crippen molar-refractivity contribution in [3.05, 3.63) is 102 Å². The van der Waals surface area contributed by atoms with Crippen molar-refractivity contribution in [2.45, 2.75) is 6.42 Å². The van der Waals surface area contributed by atoms with E-state index in [-0.39, 0.29) is 0 Å². The minimum absolute atomic E-state index is 0.306. The van der Waals surface area contributed by atoms with Crippen LogP contribution < -0.4 is 0 Å². The predicted molar refractivity (Wildman–Crippen MR) is 100 cm³/mol. The molecule has 1 heteroatoms. The zero-order chi connectivity index (χ0) is 16.4. The summed E-state index contributed by atoms with van der Waals surface area (Å²) in [4.78, 5) is 0. The Hall–Kier alpha value is -3.06. The average Bonchev–Trinajstić information content (AvgIpc) is 2.64. The number of hydrogen-bond donors (Lipinski definition) is 1. The maximum Gasteiger partial charge on any atom is 0.115 e. The van der Waals surface area contributed by atoms with Crippen LogP contribution >= 0.6 is 0 Å². The lowest BCUT2D eigenvalue weighted by Crippen LogP contribution is -1.93. The molecule has 1 nitrogen and oxygen atoms in total. The van der Waals surface area contributed by atoms with Crippen LogP contribution in [0.1, 0.15) is 11.1 Å². The number of phenolic OH excluding ortho intramolecular Hbond substituents is 1. The van der Waals surface area contributed by atoms with E-state index in [0.29, 0.717) is 5.75 Å². The van der Waals surface area contributed by atoms with E-state index in [1.807, 2.05) is 18.2 Å². The molecule has 0 fully saturated rings. The molecule has 0 aliphatic carbocycles. The van der Waals surface area contributed by atoms with Crippen LogP contribution in [0.3, 0.4) is 0 Å². The third-order valence-electron chi connectivity index (χ3n) is 4.39. The van der Waals surface area contributed by atoms with Gasteiger partial charge in [-0.3, -0.25) is 0 Å². The van der Waals surface area contributed by atoms with Crippen LogP contribution in [0.25, 0.3) is 21.9 Å². The van der Waals surface area contributed by atoms with Gasteiger partial charge >= 0.3 is 0 Å². The highest BCUT2D eigenvalue weighted by atomic mass is 16.3. The zero-order valence-corrected chi connectivity index (χ0v) is 13.3. The summed E-state index contributed by atoms with van der Waals surface area (Å²) in [5.41, 5.74) is 4.99. The third kappa shape index (κ3) is 2.89. The first kappa shape index (κ1) is 14.5. The van der Waals surface area contributed by atoms with Crippen LogP contribution in [-0.4, -0.2) is 5.11 Å². The second-order valence-corrected chi connectivity index (χ2v) is 6.07. The maximum atomic E-state index is 9.50. The Morgan fingerprint density at radius 3 is 1.96 bits per heavy atom. The molecule has 0 saturated carbocycles. The molecular formula is C23H18O. The predicted octanol–water partition coefficient (Wildman–Crippen LogP) is 5.80. The number of aromatic hydroxyl groups is 1. The molecule has 0 spiro atoms. The van der Waals surface area contributed by atoms with Gasteiger partial charge in [0.1, 0.15) is 5.75 Å². The highest BCUT2D eigenvalue weighted by Crippen LogP contribution is 2.30. The van der Waals surface area contributed by atoms with Crippen LogP contribution in [0.2, 0.25) is 0 Å². The monoisotopic (exact) mass is 310 g/mol. The van der Waals surface area contributed by atoms with Gasteiger partial charge in [0.25, 0.3) is 0 Å². The molecule has 0 atom stereocenters. The largest absolute Gasteiger partial charge is 0.508 e. The SMILES string of the molecule is Oc1ccc(Cc2cc3ccccc3cc2-c2ccccc2)cc1. The van der Waals surface area contributed by atoms with Crippen molar-refractivity contribution >= 4 is 10.8 Å².